The van der Waals surface area contributed by atoms with Crippen molar-refractivity contribution in [1.29, 1.82) is 0 Å². The Morgan fingerprint density at radius 1 is 1.45 bits per heavy atom. The van der Waals surface area contributed by atoms with Crippen LogP contribution in [0.2, 0.25) is 0 Å². The molecule has 0 aromatic carbocycles. The number of imidazole rings is 1. The maximum absolute atomic E-state index is 5.52. The highest BCUT2D eigenvalue weighted by Crippen LogP contribution is 2.42. The van der Waals surface area contributed by atoms with E-state index in [0.717, 1.165) is 21.9 Å². The molecule has 3 atom stereocenters. The summed E-state index contributed by atoms with van der Waals surface area (Å²) in [5, 5.41) is 0. The average Bonchev–Trinajstić information content (AvgIpc) is 2.97. The highest BCUT2D eigenvalue weighted by molar-refractivity contribution is 7.71. The van der Waals surface area contributed by atoms with Gasteiger partial charge in [0, 0.05) is 12.1 Å². The molecule has 2 aromatic heterocycles. The van der Waals surface area contributed by atoms with Gasteiger partial charge in [0.05, 0.1) is 12.6 Å². The van der Waals surface area contributed by atoms with E-state index in [1.807, 2.05) is 12.1 Å². The first kappa shape index (κ1) is 13.6. The smallest absolute Gasteiger partial charge is 0.215 e. The van der Waals surface area contributed by atoms with Gasteiger partial charge in [0.15, 0.2) is 10.4 Å². The van der Waals surface area contributed by atoms with Crippen molar-refractivity contribution in [3.8, 4) is 5.88 Å². The Kier molecular flexibility index (Phi) is 3.54. The third-order valence-electron chi connectivity index (χ3n) is 4.79. The molecule has 1 aliphatic rings. The zero-order valence-electron chi connectivity index (χ0n) is 12.2. The van der Waals surface area contributed by atoms with E-state index in [0.29, 0.717) is 17.8 Å². The molecule has 2 heterocycles. The van der Waals surface area contributed by atoms with E-state index in [1.54, 1.807) is 7.11 Å². The van der Waals surface area contributed by atoms with Crippen LogP contribution in [0.15, 0.2) is 12.1 Å². The zero-order chi connectivity index (χ0) is 14.3. The summed E-state index contributed by atoms with van der Waals surface area (Å²) < 4.78 is 8.22. The van der Waals surface area contributed by atoms with Gasteiger partial charge >= 0.3 is 0 Å². The first-order chi connectivity index (χ1) is 9.65. The van der Waals surface area contributed by atoms with Gasteiger partial charge in [-0.2, -0.15) is 4.98 Å². The summed E-state index contributed by atoms with van der Waals surface area (Å²) in [6, 6.07) is 4.30. The Bertz CT molecular complexity index is 675. The van der Waals surface area contributed by atoms with Crippen LogP contribution in [-0.2, 0) is 0 Å². The number of nitrogens with one attached hydrogen (secondary N) is 1. The highest BCUT2D eigenvalue weighted by atomic mass is 32.1. The van der Waals surface area contributed by atoms with Crippen LogP contribution in [0, 0.1) is 16.6 Å². The second-order valence-electron chi connectivity index (χ2n) is 5.70. The predicted octanol–water partition coefficient (Wildman–Crippen LogP) is 4.10. The van der Waals surface area contributed by atoms with Gasteiger partial charge < -0.3 is 9.72 Å². The van der Waals surface area contributed by atoms with E-state index in [4.69, 9.17) is 17.0 Å². The molecule has 5 heteroatoms. The van der Waals surface area contributed by atoms with E-state index in [2.05, 4.69) is 28.4 Å². The number of pyridine rings is 1. The van der Waals surface area contributed by atoms with E-state index in [1.165, 1.54) is 19.3 Å². The first-order valence-corrected chi connectivity index (χ1v) is 7.71. The molecule has 1 fully saturated rings. The van der Waals surface area contributed by atoms with Gasteiger partial charge in [-0.3, -0.25) is 4.57 Å². The number of aromatic nitrogens is 3. The van der Waals surface area contributed by atoms with Crippen molar-refractivity contribution in [3.63, 3.8) is 0 Å². The molecule has 20 heavy (non-hydrogen) atoms. The maximum Gasteiger partial charge on any atom is 0.215 e. The summed E-state index contributed by atoms with van der Waals surface area (Å²) in [6.07, 6.45) is 3.70. The SMILES string of the molecule is CCC1CCC(n2c(=S)[nH]c3ccc(OC)nc32)C1C. The molecule has 1 N–H and O–H groups in total. The number of aromatic amines is 1. The quantitative estimate of drug-likeness (QED) is 0.866. The number of ether oxygens (including phenoxy) is 1. The average molecular weight is 291 g/mol. The Balaban J connectivity index is 2.11. The molecule has 0 spiro atoms. The number of hydrogen-bond donors (Lipinski definition) is 1. The lowest BCUT2D eigenvalue weighted by Crippen LogP contribution is -2.16. The van der Waals surface area contributed by atoms with Gasteiger partial charge in [-0.1, -0.05) is 20.3 Å². The van der Waals surface area contributed by atoms with E-state index in [9.17, 15) is 0 Å². The number of fused-ring (bicyclic) bond motifs is 1. The third kappa shape index (κ3) is 2.04. The zero-order valence-corrected chi connectivity index (χ0v) is 13.0. The largest absolute Gasteiger partial charge is 0.481 e. The molecule has 0 aliphatic heterocycles. The summed E-state index contributed by atoms with van der Waals surface area (Å²) in [4.78, 5) is 7.86. The number of hydrogen-bond acceptors (Lipinski definition) is 3. The van der Waals surface area contributed by atoms with Crippen molar-refractivity contribution in [2.75, 3.05) is 7.11 Å². The standard InChI is InChI=1S/C15H21N3OS/c1-4-10-5-7-12(9(10)2)18-14-11(16-15(18)20)6-8-13(17-14)19-3/h6,8-10,12H,4-5,7H2,1-3H3,(H,16,20). The summed E-state index contributed by atoms with van der Waals surface area (Å²) >= 11 is 5.52. The molecule has 2 aromatic rings. The molecule has 4 nitrogen and oxygen atoms in total. The Labute approximate surface area is 124 Å². The fraction of sp³-hybridized carbons (Fsp3) is 0.600. The Hall–Kier alpha value is -1.36. The van der Waals surface area contributed by atoms with Gasteiger partial charge in [0.2, 0.25) is 5.88 Å². The van der Waals surface area contributed by atoms with Gasteiger partial charge in [-0.15, -0.1) is 0 Å². The van der Waals surface area contributed by atoms with E-state index in [-0.39, 0.29) is 0 Å². The molecule has 3 unspecified atom stereocenters. The molecular formula is C15H21N3OS. The Morgan fingerprint density at radius 3 is 2.90 bits per heavy atom. The van der Waals surface area contributed by atoms with Gasteiger partial charge in [0.25, 0.3) is 0 Å². The Morgan fingerprint density at radius 2 is 2.25 bits per heavy atom. The molecular weight excluding hydrogens is 270 g/mol. The van der Waals surface area contributed by atoms with E-state index < -0.39 is 0 Å². The summed E-state index contributed by atoms with van der Waals surface area (Å²) in [5.74, 6) is 2.06. The number of rotatable bonds is 3. The second-order valence-corrected chi connectivity index (χ2v) is 6.08. The monoisotopic (exact) mass is 291 g/mol. The lowest BCUT2D eigenvalue weighted by atomic mass is 9.93. The number of nitrogens with zero attached hydrogens (tertiary/aromatic N) is 2. The fourth-order valence-electron chi connectivity index (χ4n) is 3.57. The van der Waals surface area contributed by atoms with Crippen molar-refractivity contribution < 1.29 is 4.74 Å². The van der Waals surface area contributed by atoms with Crippen molar-refractivity contribution in [3.05, 3.63) is 16.9 Å². The van der Waals surface area contributed by atoms with Crippen LogP contribution in [0.3, 0.4) is 0 Å². The van der Waals surface area contributed by atoms with Crippen molar-refractivity contribution >= 4 is 23.4 Å². The van der Waals surface area contributed by atoms with Gasteiger partial charge in [0.1, 0.15) is 0 Å². The van der Waals surface area contributed by atoms with Gasteiger partial charge in [-0.05, 0) is 43.0 Å². The van der Waals surface area contributed by atoms with Crippen molar-refractivity contribution in [2.45, 2.75) is 39.2 Å². The van der Waals surface area contributed by atoms with Gasteiger partial charge in [-0.25, -0.2) is 0 Å². The minimum absolute atomic E-state index is 0.445. The molecule has 1 saturated carbocycles. The van der Waals surface area contributed by atoms with Crippen LogP contribution in [-0.4, -0.2) is 21.6 Å². The minimum atomic E-state index is 0.445. The van der Waals surface area contributed by atoms with Crippen LogP contribution >= 0.6 is 12.2 Å². The van der Waals surface area contributed by atoms with Crippen molar-refractivity contribution in [1.82, 2.24) is 14.5 Å². The van der Waals surface area contributed by atoms with Crippen LogP contribution in [0.25, 0.3) is 11.2 Å². The molecule has 0 radical (unpaired) electrons. The summed E-state index contributed by atoms with van der Waals surface area (Å²) in [5.41, 5.74) is 1.91. The third-order valence-corrected chi connectivity index (χ3v) is 5.09. The molecule has 3 rings (SSSR count). The number of H-pyrrole nitrogens is 1. The molecule has 108 valence electrons. The van der Waals surface area contributed by atoms with Crippen LogP contribution in [0.4, 0.5) is 0 Å². The highest BCUT2D eigenvalue weighted by Gasteiger charge is 2.34. The van der Waals surface area contributed by atoms with E-state index >= 15 is 0 Å². The predicted molar refractivity (Wildman–Crippen MR) is 82.7 cm³/mol. The first-order valence-electron chi connectivity index (χ1n) is 7.31. The lowest BCUT2D eigenvalue weighted by Gasteiger charge is -2.21. The fourth-order valence-corrected chi connectivity index (χ4v) is 3.90. The molecule has 0 saturated heterocycles. The van der Waals surface area contributed by atoms with Crippen LogP contribution in [0.5, 0.6) is 5.88 Å². The number of methoxy groups -OCH3 is 1. The lowest BCUT2D eigenvalue weighted by molar-refractivity contribution is 0.330. The summed E-state index contributed by atoms with van der Waals surface area (Å²) in [6.45, 7) is 4.62. The second kappa shape index (κ2) is 5.20. The minimum Gasteiger partial charge on any atom is -0.481 e. The van der Waals surface area contributed by atoms with Crippen LogP contribution < -0.4 is 4.74 Å². The molecule has 0 bridgehead atoms. The molecule has 1 aliphatic carbocycles. The topological polar surface area (TPSA) is 42.8 Å². The summed E-state index contributed by atoms with van der Waals surface area (Å²) in [7, 11) is 1.64. The molecule has 0 amide bonds. The normalized spacial score (nSPS) is 26.2. The maximum atomic E-state index is 5.52. The van der Waals surface area contributed by atoms with Crippen molar-refractivity contribution in [2.24, 2.45) is 11.8 Å². The van der Waals surface area contributed by atoms with Crippen LogP contribution in [0.1, 0.15) is 39.2 Å².